The molecule has 2 aromatic rings. The zero-order chi connectivity index (χ0) is 10.1. The molecule has 14 heavy (non-hydrogen) atoms. The highest BCUT2D eigenvalue weighted by Crippen LogP contribution is 2.19. The van der Waals surface area contributed by atoms with Crippen LogP contribution in [0.3, 0.4) is 0 Å². The first-order chi connectivity index (χ1) is 6.76. The molecule has 0 radical (unpaired) electrons. The number of imidazole rings is 1. The third-order valence-electron chi connectivity index (χ3n) is 2.48. The first kappa shape index (κ1) is 9.02. The normalized spacial score (nSPS) is 10.8. The highest BCUT2D eigenvalue weighted by Gasteiger charge is 2.05. The van der Waals surface area contributed by atoms with E-state index < -0.39 is 0 Å². The number of anilines is 1. The maximum Gasteiger partial charge on any atom is 0.218 e. The molecule has 3 N–H and O–H groups in total. The van der Waals surface area contributed by atoms with Crippen LogP contribution in [-0.4, -0.2) is 9.55 Å². The summed E-state index contributed by atoms with van der Waals surface area (Å²) in [6.45, 7) is 2.14. The van der Waals surface area contributed by atoms with Gasteiger partial charge in [-0.15, -0.1) is 0 Å². The highest BCUT2D eigenvalue weighted by atomic mass is 15.3. The van der Waals surface area contributed by atoms with E-state index in [0.29, 0.717) is 5.95 Å². The van der Waals surface area contributed by atoms with Crippen LogP contribution in [0.15, 0.2) is 18.2 Å². The Balaban J connectivity index is 2.68. The monoisotopic (exact) mass is 190 g/mol. The predicted molar refractivity (Wildman–Crippen MR) is 57.9 cm³/mol. The molecular formula is C10H14N4. The van der Waals surface area contributed by atoms with Gasteiger partial charge in [0.15, 0.2) is 0 Å². The summed E-state index contributed by atoms with van der Waals surface area (Å²) in [4.78, 5) is 4.33. The van der Waals surface area contributed by atoms with Gasteiger partial charge in [0.1, 0.15) is 0 Å². The SMILES string of the molecule is CCc1ccc2nc(NN)n(C)c2c1. The number of aromatic nitrogens is 2. The minimum Gasteiger partial charge on any atom is -0.312 e. The Bertz CT molecular complexity index is 458. The van der Waals surface area contributed by atoms with Crippen LogP contribution < -0.4 is 11.3 Å². The summed E-state index contributed by atoms with van der Waals surface area (Å²) in [5.41, 5.74) is 5.96. The van der Waals surface area contributed by atoms with E-state index in [-0.39, 0.29) is 0 Å². The van der Waals surface area contributed by atoms with E-state index in [2.05, 4.69) is 29.5 Å². The molecule has 0 saturated carbocycles. The summed E-state index contributed by atoms with van der Waals surface area (Å²) < 4.78 is 1.95. The molecule has 74 valence electrons. The lowest BCUT2D eigenvalue weighted by Gasteiger charge is -2.00. The molecule has 0 aliphatic carbocycles. The third-order valence-corrected chi connectivity index (χ3v) is 2.48. The molecule has 4 heteroatoms. The lowest BCUT2D eigenvalue weighted by Crippen LogP contribution is -2.11. The van der Waals surface area contributed by atoms with E-state index in [1.165, 1.54) is 5.56 Å². The smallest absolute Gasteiger partial charge is 0.218 e. The molecular weight excluding hydrogens is 176 g/mol. The molecule has 0 amide bonds. The zero-order valence-electron chi connectivity index (χ0n) is 8.41. The molecule has 0 aliphatic rings. The van der Waals surface area contributed by atoms with Gasteiger partial charge in [-0.25, -0.2) is 10.8 Å². The fourth-order valence-corrected chi connectivity index (χ4v) is 1.58. The lowest BCUT2D eigenvalue weighted by molar-refractivity contribution is 0.941. The van der Waals surface area contributed by atoms with Crippen molar-refractivity contribution in [3.05, 3.63) is 23.8 Å². The highest BCUT2D eigenvalue weighted by molar-refractivity contribution is 5.79. The summed E-state index contributed by atoms with van der Waals surface area (Å²) in [6.07, 6.45) is 1.03. The molecule has 1 aromatic carbocycles. The van der Waals surface area contributed by atoms with E-state index in [1.807, 2.05) is 17.7 Å². The predicted octanol–water partition coefficient (Wildman–Crippen LogP) is 1.42. The van der Waals surface area contributed by atoms with Gasteiger partial charge in [-0.05, 0) is 24.1 Å². The summed E-state index contributed by atoms with van der Waals surface area (Å²) in [5, 5.41) is 0. The van der Waals surface area contributed by atoms with Crippen LogP contribution in [-0.2, 0) is 13.5 Å². The number of nitrogen functional groups attached to an aromatic ring is 1. The third kappa shape index (κ3) is 1.24. The average molecular weight is 190 g/mol. The van der Waals surface area contributed by atoms with Crippen molar-refractivity contribution in [3.63, 3.8) is 0 Å². The maximum atomic E-state index is 5.35. The Morgan fingerprint density at radius 3 is 2.93 bits per heavy atom. The number of benzene rings is 1. The van der Waals surface area contributed by atoms with Crippen LogP contribution in [0.4, 0.5) is 5.95 Å². The van der Waals surface area contributed by atoms with Crippen molar-refractivity contribution >= 4 is 17.0 Å². The van der Waals surface area contributed by atoms with E-state index in [1.54, 1.807) is 0 Å². The van der Waals surface area contributed by atoms with Crippen LogP contribution in [0.25, 0.3) is 11.0 Å². The molecule has 0 spiro atoms. The molecule has 0 unspecified atom stereocenters. The number of rotatable bonds is 2. The summed E-state index contributed by atoms with van der Waals surface area (Å²) in [6, 6.07) is 6.26. The maximum absolute atomic E-state index is 5.35. The number of nitrogens with two attached hydrogens (primary N) is 1. The minimum atomic E-state index is 0.688. The Kier molecular flexibility index (Phi) is 2.13. The number of hydrogen-bond acceptors (Lipinski definition) is 3. The van der Waals surface area contributed by atoms with E-state index in [0.717, 1.165) is 17.5 Å². The first-order valence-corrected chi connectivity index (χ1v) is 4.68. The number of hydrazine groups is 1. The summed E-state index contributed by atoms with van der Waals surface area (Å²) >= 11 is 0. The number of fused-ring (bicyclic) bond motifs is 1. The van der Waals surface area contributed by atoms with Gasteiger partial charge in [0.05, 0.1) is 11.0 Å². The standard InChI is InChI=1S/C10H14N4/c1-3-7-4-5-8-9(6-7)14(2)10(12-8)13-11/h4-6H,3,11H2,1-2H3,(H,12,13). The number of aryl methyl sites for hydroxylation is 2. The second-order valence-corrected chi connectivity index (χ2v) is 3.32. The van der Waals surface area contributed by atoms with Crippen molar-refractivity contribution < 1.29 is 0 Å². The lowest BCUT2D eigenvalue weighted by atomic mass is 10.1. The summed E-state index contributed by atoms with van der Waals surface area (Å²) in [7, 11) is 1.95. The second-order valence-electron chi connectivity index (χ2n) is 3.32. The van der Waals surface area contributed by atoms with Gasteiger partial charge in [-0.1, -0.05) is 13.0 Å². The van der Waals surface area contributed by atoms with E-state index >= 15 is 0 Å². The van der Waals surface area contributed by atoms with Gasteiger partial charge in [0.25, 0.3) is 0 Å². The van der Waals surface area contributed by atoms with Crippen LogP contribution >= 0.6 is 0 Å². The Hall–Kier alpha value is -1.55. The van der Waals surface area contributed by atoms with Gasteiger partial charge in [0, 0.05) is 7.05 Å². The fraction of sp³-hybridized carbons (Fsp3) is 0.300. The molecule has 0 aliphatic heterocycles. The minimum absolute atomic E-state index is 0.688. The van der Waals surface area contributed by atoms with E-state index in [4.69, 9.17) is 5.84 Å². The molecule has 0 saturated heterocycles. The first-order valence-electron chi connectivity index (χ1n) is 4.68. The van der Waals surface area contributed by atoms with Crippen LogP contribution in [0.5, 0.6) is 0 Å². The molecule has 4 nitrogen and oxygen atoms in total. The van der Waals surface area contributed by atoms with Crippen molar-refractivity contribution in [2.45, 2.75) is 13.3 Å². The van der Waals surface area contributed by atoms with Crippen molar-refractivity contribution in [2.24, 2.45) is 12.9 Å². The summed E-state index contributed by atoms with van der Waals surface area (Å²) in [5.74, 6) is 6.04. The van der Waals surface area contributed by atoms with Crippen molar-refractivity contribution in [1.29, 1.82) is 0 Å². The van der Waals surface area contributed by atoms with Crippen LogP contribution in [0.1, 0.15) is 12.5 Å². The molecule has 2 rings (SSSR count). The zero-order valence-corrected chi connectivity index (χ0v) is 8.41. The number of nitrogens with one attached hydrogen (secondary N) is 1. The molecule has 0 atom stereocenters. The van der Waals surface area contributed by atoms with Gasteiger partial charge in [0.2, 0.25) is 5.95 Å². The van der Waals surface area contributed by atoms with Gasteiger partial charge in [-0.2, -0.15) is 0 Å². The number of nitrogens with zero attached hydrogens (tertiary/aromatic N) is 2. The largest absolute Gasteiger partial charge is 0.312 e. The second kappa shape index (κ2) is 3.31. The Labute approximate surface area is 82.7 Å². The van der Waals surface area contributed by atoms with Gasteiger partial charge >= 0.3 is 0 Å². The van der Waals surface area contributed by atoms with Crippen molar-refractivity contribution in [2.75, 3.05) is 5.43 Å². The molecule has 1 heterocycles. The quantitative estimate of drug-likeness (QED) is 0.556. The van der Waals surface area contributed by atoms with E-state index in [9.17, 15) is 0 Å². The average Bonchev–Trinajstić information content (AvgIpc) is 2.55. The Morgan fingerprint density at radius 2 is 2.29 bits per heavy atom. The number of hydrogen-bond donors (Lipinski definition) is 2. The van der Waals surface area contributed by atoms with Gasteiger partial charge in [-0.3, -0.25) is 5.43 Å². The Morgan fingerprint density at radius 1 is 1.50 bits per heavy atom. The van der Waals surface area contributed by atoms with Crippen LogP contribution in [0.2, 0.25) is 0 Å². The van der Waals surface area contributed by atoms with Gasteiger partial charge < -0.3 is 4.57 Å². The molecule has 0 bridgehead atoms. The fourth-order valence-electron chi connectivity index (χ4n) is 1.58. The van der Waals surface area contributed by atoms with Crippen LogP contribution in [0, 0.1) is 0 Å². The topological polar surface area (TPSA) is 55.9 Å². The van der Waals surface area contributed by atoms with Crippen molar-refractivity contribution in [1.82, 2.24) is 9.55 Å². The van der Waals surface area contributed by atoms with Crippen molar-refractivity contribution in [3.8, 4) is 0 Å². The molecule has 1 aromatic heterocycles. The molecule has 0 fully saturated rings.